The van der Waals surface area contributed by atoms with E-state index in [2.05, 4.69) is 15.4 Å². The van der Waals surface area contributed by atoms with Crippen molar-refractivity contribution >= 4 is 5.84 Å². The summed E-state index contributed by atoms with van der Waals surface area (Å²) < 4.78 is 5.61. The summed E-state index contributed by atoms with van der Waals surface area (Å²) in [6, 6.07) is 0. The molecule has 1 unspecified atom stereocenters. The molecular formula is C11H18N4O2. The third kappa shape index (κ3) is 2.83. The van der Waals surface area contributed by atoms with Gasteiger partial charge in [-0.1, -0.05) is 12.1 Å². The number of aryl methyl sites for hydroxylation is 1. The summed E-state index contributed by atoms with van der Waals surface area (Å²) in [6.45, 7) is 7.57. The molecule has 0 fully saturated rings. The number of nitrogens with two attached hydrogens (primary N) is 1. The largest absolute Gasteiger partial charge is 0.473 e. The first-order chi connectivity index (χ1) is 8.01. The third-order valence-electron chi connectivity index (χ3n) is 2.67. The lowest BCUT2D eigenvalue weighted by molar-refractivity contribution is 0.205. The molecule has 6 nitrogen and oxygen atoms in total. The molecule has 0 aliphatic rings. The van der Waals surface area contributed by atoms with Gasteiger partial charge >= 0.3 is 0 Å². The van der Waals surface area contributed by atoms with Crippen molar-refractivity contribution in [1.82, 2.24) is 10.2 Å². The maximum Gasteiger partial charge on any atom is 0.245 e. The second-order valence-corrected chi connectivity index (χ2v) is 3.91. The highest BCUT2D eigenvalue weighted by Crippen LogP contribution is 2.21. The van der Waals surface area contributed by atoms with Gasteiger partial charge in [-0.3, -0.25) is 0 Å². The molecule has 0 aromatic carbocycles. The van der Waals surface area contributed by atoms with Crippen molar-refractivity contribution < 1.29 is 9.94 Å². The molecule has 0 radical (unpaired) electrons. The zero-order chi connectivity index (χ0) is 13.0. The summed E-state index contributed by atoms with van der Waals surface area (Å²) in [7, 11) is 0. The zero-order valence-corrected chi connectivity index (χ0v) is 10.6. The fourth-order valence-corrected chi connectivity index (χ4v) is 1.29. The molecule has 1 aromatic rings. The standard InChI is InChI=1S/C11H18N4O2/c1-5-6(2)17-11-9(10(12)15-16)7(3)8(4)13-14-11/h6,16H,5H2,1-4H3,(H2,12,15). The van der Waals surface area contributed by atoms with E-state index in [0.29, 0.717) is 11.4 Å². The van der Waals surface area contributed by atoms with E-state index < -0.39 is 0 Å². The minimum atomic E-state index is -0.0150. The zero-order valence-electron chi connectivity index (χ0n) is 10.6. The van der Waals surface area contributed by atoms with Crippen LogP contribution >= 0.6 is 0 Å². The Bertz CT molecular complexity index is 432. The quantitative estimate of drug-likeness (QED) is 0.357. The maximum atomic E-state index is 8.78. The first-order valence-corrected chi connectivity index (χ1v) is 5.49. The van der Waals surface area contributed by atoms with Gasteiger partial charge in [0.1, 0.15) is 0 Å². The van der Waals surface area contributed by atoms with Crippen LogP contribution in [0.2, 0.25) is 0 Å². The van der Waals surface area contributed by atoms with E-state index in [1.807, 2.05) is 27.7 Å². The van der Waals surface area contributed by atoms with Crippen LogP contribution in [0.1, 0.15) is 37.1 Å². The molecule has 1 heterocycles. The predicted octanol–water partition coefficient (Wildman–Crippen LogP) is 1.37. The summed E-state index contributed by atoms with van der Waals surface area (Å²) in [5.41, 5.74) is 7.66. The Morgan fingerprint density at radius 3 is 2.65 bits per heavy atom. The average Bonchev–Trinajstić information content (AvgIpc) is 2.33. The minimum Gasteiger partial charge on any atom is -0.473 e. The van der Waals surface area contributed by atoms with Crippen molar-refractivity contribution in [3.63, 3.8) is 0 Å². The van der Waals surface area contributed by atoms with Gasteiger partial charge in [0.05, 0.1) is 17.4 Å². The molecule has 0 bridgehead atoms. The van der Waals surface area contributed by atoms with Crippen LogP contribution < -0.4 is 10.5 Å². The van der Waals surface area contributed by atoms with Gasteiger partial charge in [-0.2, -0.15) is 5.10 Å². The van der Waals surface area contributed by atoms with Crippen molar-refractivity contribution in [2.45, 2.75) is 40.2 Å². The van der Waals surface area contributed by atoms with E-state index in [9.17, 15) is 0 Å². The first kappa shape index (κ1) is 13.2. The molecular weight excluding hydrogens is 220 g/mol. The number of ether oxygens (including phenoxy) is 1. The number of amidine groups is 1. The maximum absolute atomic E-state index is 8.78. The number of aromatic nitrogens is 2. The molecule has 1 aromatic heterocycles. The van der Waals surface area contributed by atoms with Crippen LogP contribution in [0, 0.1) is 13.8 Å². The Hall–Kier alpha value is -1.85. The second kappa shape index (κ2) is 5.47. The average molecular weight is 238 g/mol. The van der Waals surface area contributed by atoms with Crippen molar-refractivity contribution in [1.29, 1.82) is 0 Å². The Labute approximate surface area is 100 Å². The lowest BCUT2D eigenvalue weighted by atomic mass is 10.1. The van der Waals surface area contributed by atoms with Crippen molar-refractivity contribution in [2.24, 2.45) is 10.9 Å². The van der Waals surface area contributed by atoms with Gasteiger partial charge in [0.2, 0.25) is 5.88 Å². The second-order valence-electron chi connectivity index (χ2n) is 3.91. The lowest BCUT2D eigenvalue weighted by Crippen LogP contribution is -2.21. The molecule has 1 rings (SSSR count). The SMILES string of the molecule is CCC(C)Oc1nnc(C)c(C)c1/C(N)=N/O. The van der Waals surface area contributed by atoms with Crippen LogP contribution in [0.5, 0.6) is 5.88 Å². The highest BCUT2D eigenvalue weighted by Gasteiger charge is 2.17. The smallest absolute Gasteiger partial charge is 0.245 e. The van der Waals surface area contributed by atoms with E-state index in [0.717, 1.165) is 17.7 Å². The summed E-state index contributed by atoms with van der Waals surface area (Å²) in [5, 5.41) is 19.7. The fourth-order valence-electron chi connectivity index (χ4n) is 1.29. The summed E-state index contributed by atoms with van der Waals surface area (Å²) >= 11 is 0. The van der Waals surface area contributed by atoms with Gasteiger partial charge in [0.25, 0.3) is 0 Å². The highest BCUT2D eigenvalue weighted by molar-refractivity contribution is 6.00. The van der Waals surface area contributed by atoms with Gasteiger partial charge < -0.3 is 15.7 Å². The van der Waals surface area contributed by atoms with Crippen LogP contribution in [0.25, 0.3) is 0 Å². The molecule has 0 aliphatic carbocycles. The molecule has 0 amide bonds. The van der Waals surface area contributed by atoms with Gasteiger partial charge in [-0.05, 0) is 32.8 Å². The molecule has 6 heteroatoms. The molecule has 0 saturated heterocycles. The number of nitrogens with zero attached hydrogens (tertiary/aromatic N) is 3. The Morgan fingerprint density at radius 1 is 1.47 bits per heavy atom. The molecule has 0 aliphatic heterocycles. The number of rotatable bonds is 4. The molecule has 17 heavy (non-hydrogen) atoms. The van der Waals surface area contributed by atoms with Crippen LogP contribution in [-0.4, -0.2) is 27.3 Å². The van der Waals surface area contributed by atoms with Crippen molar-refractivity contribution in [3.8, 4) is 5.88 Å². The monoisotopic (exact) mass is 238 g/mol. The fraction of sp³-hybridized carbons (Fsp3) is 0.545. The molecule has 94 valence electrons. The van der Waals surface area contributed by atoms with E-state index in [1.165, 1.54) is 0 Å². The summed E-state index contributed by atoms with van der Waals surface area (Å²) in [6.07, 6.45) is 0.834. The Morgan fingerprint density at radius 2 is 2.12 bits per heavy atom. The van der Waals surface area contributed by atoms with Gasteiger partial charge in [0.15, 0.2) is 5.84 Å². The van der Waals surface area contributed by atoms with Crippen LogP contribution in [-0.2, 0) is 0 Å². The van der Waals surface area contributed by atoms with Crippen LogP contribution in [0.15, 0.2) is 5.16 Å². The van der Waals surface area contributed by atoms with E-state index in [1.54, 1.807) is 0 Å². The third-order valence-corrected chi connectivity index (χ3v) is 2.67. The molecule has 0 spiro atoms. The molecule has 1 atom stereocenters. The van der Waals surface area contributed by atoms with Crippen LogP contribution in [0.4, 0.5) is 0 Å². The Kier molecular flexibility index (Phi) is 4.25. The number of oxime groups is 1. The van der Waals surface area contributed by atoms with Crippen molar-refractivity contribution in [2.75, 3.05) is 0 Å². The summed E-state index contributed by atoms with van der Waals surface area (Å²) in [5.74, 6) is 0.288. The normalized spacial score (nSPS) is 13.5. The van der Waals surface area contributed by atoms with Gasteiger partial charge in [-0.15, -0.1) is 5.10 Å². The number of hydrogen-bond acceptors (Lipinski definition) is 5. The summed E-state index contributed by atoms with van der Waals surface area (Å²) in [4.78, 5) is 0. The van der Waals surface area contributed by atoms with Crippen molar-refractivity contribution in [3.05, 3.63) is 16.8 Å². The van der Waals surface area contributed by atoms with E-state index >= 15 is 0 Å². The lowest BCUT2D eigenvalue weighted by Gasteiger charge is -2.15. The number of hydrogen-bond donors (Lipinski definition) is 2. The molecule has 3 N–H and O–H groups in total. The first-order valence-electron chi connectivity index (χ1n) is 5.49. The van der Waals surface area contributed by atoms with Crippen LogP contribution in [0.3, 0.4) is 0 Å². The predicted molar refractivity (Wildman–Crippen MR) is 64.4 cm³/mol. The van der Waals surface area contributed by atoms with Gasteiger partial charge in [-0.25, -0.2) is 0 Å². The molecule has 0 saturated carbocycles. The topological polar surface area (TPSA) is 93.6 Å². The Balaban J connectivity index is 3.25. The highest BCUT2D eigenvalue weighted by atomic mass is 16.5. The van der Waals surface area contributed by atoms with E-state index in [4.69, 9.17) is 15.7 Å². The van der Waals surface area contributed by atoms with E-state index in [-0.39, 0.29) is 11.9 Å². The minimum absolute atomic E-state index is 0.00310. The van der Waals surface area contributed by atoms with Gasteiger partial charge in [0, 0.05) is 0 Å².